The van der Waals surface area contributed by atoms with Gasteiger partial charge in [0.1, 0.15) is 0 Å². The van der Waals surface area contributed by atoms with Crippen LogP contribution >= 0.6 is 15.9 Å². The zero-order valence-corrected chi connectivity index (χ0v) is 14.5. The smallest absolute Gasteiger partial charge is 0.252 e. The highest BCUT2D eigenvalue weighted by Gasteiger charge is 2.29. The van der Waals surface area contributed by atoms with Crippen molar-refractivity contribution >= 4 is 32.7 Å². The molecule has 2 rings (SSSR count). The molecule has 5 nitrogen and oxygen atoms in total. The summed E-state index contributed by atoms with van der Waals surface area (Å²) in [5.74, 6) is -0.128. The van der Waals surface area contributed by atoms with Crippen molar-refractivity contribution in [3.05, 3.63) is 44.7 Å². The van der Waals surface area contributed by atoms with E-state index in [-0.39, 0.29) is 17.4 Å². The van der Waals surface area contributed by atoms with E-state index in [9.17, 15) is 9.59 Å². The predicted molar refractivity (Wildman–Crippen MR) is 92.0 cm³/mol. The number of benzene rings is 1. The number of amides is 1. The molecule has 118 valence electrons. The number of carbonyl (C=O) groups excluding carboxylic acids is 1. The van der Waals surface area contributed by atoms with Crippen LogP contribution in [0.5, 0.6) is 0 Å². The Morgan fingerprint density at radius 3 is 2.73 bits per heavy atom. The summed E-state index contributed by atoms with van der Waals surface area (Å²) < 4.78 is 0.738. The third-order valence-corrected chi connectivity index (χ3v) is 4.83. The molecule has 0 saturated heterocycles. The summed E-state index contributed by atoms with van der Waals surface area (Å²) in [5, 5.41) is 3.66. The van der Waals surface area contributed by atoms with Gasteiger partial charge in [-0.25, -0.2) is 0 Å². The Kier molecular flexibility index (Phi) is 4.72. The topological polar surface area (TPSA) is 88.0 Å². The number of carbonyl (C=O) groups is 1. The molecule has 1 unspecified atom stereocenters. The van der Waals surface area contributed by atoms with E-state index in [0.29, 0.717) is 23.0 Å². The van der Waals surface area contributed by atoms with Crippen molar-refractivity contribution < 1.29 is 4.79 Å². The Balaban J connectivity index is 2.53. The van der Waals surface area contributed by atoms with Gasteiger partial charge in [-0.15, -0.1) is 0 Å². The molecule has 1 heterocycles. The number of rotatable bonds is 4. The summed E-state index contributed by atoms with van der Waals surface area (Å²) >= 11 is 3.39. The first-order chi connectivity index (χ1) is 10.3. The normalized spacial score (nSPS) is 14.1. The van der Waals surface area contributed by atoms with Gasteiger partial charge in [0.05, 0.1) is 16.6 Å². The van der Waals surface area contributed by atoms with Gasteiger partial charge in [0.2, 0.25) is 5.56 Å². The van der Waals surface area contributed by atoms with Crippen molar-refractivity contribution in [1.29, 1.82) is 0 Å². The monoisotopic (exact) mass is 365 g/mol. The molecule has 0 aliphatic heterocycles. The van der Waals surface area contributed by atoms with Crippen LogP contribution < -0.4 is 16.6 Å². The fraction of sp³-hybridized carbons (Fsp3) is 0.375. The van der Waals surface area contributed by atoms with Crippen molar-refractivity contribution in [3.8, 4) is 0 Å². The summed E-state index contributed by atoms with van der Waals surface area (Å²) in [6.45, 7) is 6.22. The minimum absolute atomic E-state index is 0.168. The zero-order valence-electron chi connectivity index (χ0n) is 12.9. The number of hydrogen-bond donors (Lipinski definition) is 3. The number of nitrogens with two attached hydrogens (primary N) is 1. The number of aromatic amines is 1. The molecule has 1 atom stereocenters. The van der Waals surface area contributed by atoms with Gasteiger partial charge < -0.3 is 16.0 Å². The maximum atomic E-state index is 12.7. The standard InChI is InChI=1S/C16H20BrN3O2/c1-9(2)16(3,8-18)20-15(22)11-7-13(21)19-14-10(11)5-4-6-12(14)17/h4-7,9H,8,18H2,1-3H3,(H,19,21)(H,20,22). The van der Waals surface area contributed by atoms with Crippen molar-refractivity contribution in [2.24, 2.45) is 11.7 Å². The molecule has 0 spiro atoms. The molecule has 22 heavy (non-hydrogen) atoms. The largest absolute Gasteiger partial charge is 0.345 e. The molecular weight excluding hydrogens is 346 g/mol. The van der Waals surface area contributed by atoms with Crippen LogP contribution in [0.25, 0.3) is 10.9 Å². The molecule has 4 N–H and O–H groups in total. The van der Waals surface area contributed by atoms with Gasteiger partial charge in [-0.3, -0.25) is 9.59 Å². The number of para-hydroxylation sites is 1. The second kappa shape index (κ2) is 6.22. The molecule has 0 bridgehead atoms. The molecule has 0 saturated carbocycles. The van der Waals surface area contributed by atoms with Crippen molar-refractivity contribution in [3.63, 3.8) is 0 Å². The summed E-state index contributed by atoms with van der Waals surface area (Å²) in [5.41, 5.74) is 5.92. The minimum atomic E-state index is -0.530. The van der Waals surface area contributed by atoms with E-state index < -0.39 is 5.54 Å². The number of pyridine rings is 1. The first-order valence-corrected chi connectivity index (χ1v) is 7.92. The molecule has 0 fully saturated rings. The van der Waals surface area contributed by atoms with Crippen LogP contribution in [0.2, 0.25) is 0 Å². The fourth-order valence-electron chi connectivity index (χ4n) is 2.19. The lowest BCUT2D eigenvalue weighted by atomic mass is 9.88. The second-order valence-electron chi connectivity index (χ2n) is 5.94. The fourth-order valence-corrected chi connectivity index (χ4v) is 2.65. The quantitative estimate of drug-likeness (QED) is 0.777. The van der Waals surface area contributed by atoms with Gasteiger partial charge in [0, 0.05) is 22.5 Å². The number of hydrogen-bond acceptors (Lipinski definition) is 3. The average molecular weight is 366 g/mol. The van der Waals surface area contributed by atoms with E-state index in [2.05, 4.69) is 26.2 Å². The molecule has 6 heteroatoms. The number of nitrogens with one attached hydrogen (secondary N) is 2. The highest BCUT2D eigenvalue weighted by atomic mass is 79.9. The third-order valence-electron chi connectivity index (χ3n) is 4.17. The number of aromatic nitrogens is 1. The van der Waals surface area contributed by atoms with Crippen LogP contribution in [0.15, 0.2) is 33.5 Å². The van der Waals surface area contributed by atoms with Crippen LogP contribution in [0.4, 0.5) is 0 Å². The molecule has 1 aromatic carbocycles. The van der Waals surface area contributed by atoms with E-state index in [0.717, 1.165) is 4.47 Å². The van der Waals surface area contributed by atoms with Gasteiger partial charge >= 0.3 is 0 Å². The van der Waals surface area contributed by atoms with Crippen LogP contribution in [0, 0.1) is 5.92 Å². The number of halogens is 1. The van der Waals surface area contributed by atoms with Crippen LogP contribution in [-0.2, 0) is 0 Å². The second-order valence-corrected chi connectivity index (χ2v) is 6.79. The molecule has 0 radical (unpaired) electrons. The molecule has 1 aromatic heterocycles. The van der Waals surface area contributed by atoms with Crippen LogP contribution in [0.1, 0.15) is 31.1 Å². The first-order valence-electron chi connectivity index (χ1n) is 7.12. The van der Waals surface area contributed by atoms with Gasteiger partial charge in [0.25, 0.3) is 5.91 Å². The third kappa shape index (κ3) is 3.08. The van der Waals surface area contributed by atoms with Crippen molar-refractivity contribution in [2.75, 3.05) is 6.54 Å². The van der Waals surface area contributed by atoms with Crippen LogP contribution in [-0.4, -0.2) is 23.0 Å². The Labute approximate surface area is 137 Å². The number of fused-ring (bicyclic) bond motifs is 1. The van der Waals surface area contributed by atoms with E-state index >= 15 is 0 Å². The van der Waals surface area contributed by atoms with Crippen molar-refractivity contribution in [2.45, 2.75) is 26.3 Å². The predicted octanol–water partition coefficient (Wildman–Crippen LogP) is 2.39. The summed E-state index contributed by atoms with van der Waals surface area (Å²) in [7, 11) is 0. The molecule has 2 aromatic rings. The average Bonchev–Trinajstić information content (AvgIpc) is 2.47. The first kappa shape index (κ1) is 16.7. The minimum Gasteiger partial charge on any atom is -0.345 e. The summed E-state index contributed by atoms with van der Waals surface area (Å²) in [6.07, 6.45) is 0. The van der Waals surface area contributed by atoms with Crippen LogP contribution in [0.3, 0.4) is 0 Å². The maximum absolute atomic E-state index is 12.7. The molecular formula is C16H20BrN3O2. The number of H-pyrrole nitrogens is 1. The van der Waals surface area contributed by atoms with Gasteiger partial charge in [-0.1, -0.05) is 26.0 Å². The Hall–Kier alpha value is -1.66. The Morgan fingerprint density at radius 2 is 2.14 bits per heavy atom. The van der Waals surface area contributed by atoms with E-state index in [1.807, 2.05) is 32.9 Å². The summed E-state index contributed by atoms with van der Waals surface area (Å²) in [4.78, 5) is 27.3. The lowest BCUT2D eigenvalue weighted by Gasteiger charge is -2.33. The van der Waals surface area contributed by atoms with Gasteiger partial charge in [-0.2, -0.15) is 0 Å². The molecule has 0 aliphatic rings. The van der Waals surface area contributed by atoms with Crippen molar-refractivity contribution in [1.82, 2.24) is 10.3 Å². The highest BCUT2D eigenvalue weighted by molar-refractivity contribution is 9.10. The van der Waals surface area contributed by atoms with Gasteiger partial charge in [-0.05, 0) is 34.8 Å². The molecule has 0 aliphatic carbocycles. The Bertz CT molecular complexity index is 770. The lowest BCUT2D eigenvalue weighted by Crippen LogP contribution is -2.55. The summed E-state index contributed by atoms with van der Waals surface area (Å²) in [6, 6.07) is 6.77. The van der Waals surface area contributed by atoms with E-state index in [1.54, 1.807) is 6.07 Å². The lowest BCUT2D eigenvalue weighted by molar-refractivity contribution is 0.0885. The Morgan fingerprint density at radius 1 is 1.45 bits per heavy atom. The zero-order chi connectivity index (χ0) is 16.5. The van der Waals surface area contributed by atoms with E-state index in [1.165, 1.54) is 6.07 Å². The maximum Gasteiger partial charge on any atom is 0.252 e. The SMILES string of the molecule is CC(C)C(C)(CN)NC(=O)c1cc(=O)[nH]c2c(Br)cccc12. The van der Waals surface area contributed by atoms with Gasteiger partial charge in [0.15, 0.2) is 0 Å². The van der Waals surface area contributed by atoms with E-state index in [4.69, 9.17) is 5.73 Å². The highest BCUT2D eigenvalue weighted by Crippen LogP contribution is 2.24. The molecule has 1 amide bonds.